The van der Waals surface area contributed by atoms with E-state index in [0.29, 0.717) is 12.5 Å². The standard InChI is InChI=1S/C15H17N5OS/c1-16-15-18-11-7-8-17-13(11)14(19-15)20-9-10-5-3-4-6-12(10)22(20,2)21/h3-8,17,21H,9H2,1-2H3,(H,16,18,19). The van der Waals surface area contributed by atoms with Gasteiger partial charge in [-0.1, -0.05) is 18.2 Å². The zero-order valence-corrected chi connectivity index (χ0v) is 13.2. The molecular weight excluding hydrogens is 298 g/mol. The topological polar surface area (TPSA) is 77.1 Å². The number of rotatable bonds is 2. The number of aromatic amines is 1. The van der Waals surface area contributed by atoms with Gasteiger partial charge < -0.3 is 14.9 Å². The minimum atomic E-state index is -2.10. The normalized spacial score (nSPS) is 23.3. The molecule has 7 heteroatoms. The van der Waals surface area contributed by atoms with Crippen LogP contribution in [-0.2, 0) is 6.54 Å². The average Bonchev–Trinajstić information content (AvgIpc) is 3.09. The van der Waals surface area contributed by atoms with Gasteiger partial charge >= 0.3 is 0 Å². The van der Waals surface area contributed by atoms with Gasteiger partial charge in [-0.2, -0.15) is 4.98 Å². The van der Waals surface area contributed by atoms with Crippen molar-refractivity contribution in [2.24, 2.45) is 0 Å². The van der Waals surface area contributed by atoms with Crippen molar-refractivity contribution in [3.63, 3.8) is 0 Å². The molecule has 1 unspecified atom stereocenters. The monoisotopic (exact) mass is 315 g/mol. The molecule has 2 aromatic heterocycles. The largest absolute Gasteiger partial charge is 0.357 e. The number of benzene rings is 1. The highest BCUT2D eigenvalue weighted by Crippen LogP contribution is 2.60. The predicted octanol–water partition coefficient (Wildman–Crippen LogP) is 3.20. The number of nitrogens with one attached hydrogen (secondary N) is 2. The van der Waals surface area contributed by atoms with Crippen molar-refractivity contribution >= 4 is 33.3 Å². The summed E-state index contributed by atoms with van der Waals surface area (Å²) in [5.41, 5.74) is 2.83. The molecule has 3 aromatic rings. The summed E-state index contributed by atoms with van der Waals surface area (Å²) in [7, 11) is -0.306. The SMILES string of the molecule is CNc1nc(N2Cc3ccccc3S2(C)O)c2[nH]ccc2n1. The van der Waals surface area contributed by atoms with Crippen LogP contribution in [-0.4, -0.2) is 32.8 Å². The number of hydrogen-bond donors (Lipinski definition) is 3. The van der Waals surface area contributed by atoms with Crippen molar-refractivity contribution in [3.8, 4) is 0 Å². The molecule has 0 bridgehead atoms. The van der Waals surface area contributed by atoms with Crippen molar-refractivity contribution in [3.05, 3.63) is 42.1 Å². The highest BCUT2D eigenvalue weighted by molar-refractivity contribution is 8.29. The van der Waals surface area contributed by atoms with Crippen LogP contribution >= 0.6 is 10.5 Å². The van der Waals surface area contributed by atoms with E-state index < -0.39 is 10.5 Å². The third kappa shape index (κ3) is 1.79. The summed E-state index contributed by atoms with van der Waals surface area (Å²) in [5.74, 6) is 1.28. The zero-order valence-electron chi connectivity index (χ0n) is 12.4. The van der Waals surface area contributed by atoms with Gasteiger partial charge in [-0.15, -0.1) is 0 Å². The molecule has 0 amide bonds. The fraction of sp³-hybridized carbons (Fsp3) is 0.200. The van der Waals surface area contributed by atoms with E-state index in [0.717, 1.165) is 27.3 Å². The van der Waals surface area contributed by atoms with Crippen LogP contribution in [0.5, 0.6) is 0 Å². The van der Waals surface area contributed by atoms with Gasteiger partial charge in [-0.3, -0.25) is 4.31 Å². The van der Waals surface area contributed by atoms with Gasteiger partial charge in [0.2, 0.25) is 5.95 Å². The summed E-state index contributed by atoms with van der Waals surface area (Å²) in [4.78, 5) is 13.2. The van der Waals surface area contributed by atoms with Gasteiger partial charge in [0, 0.05) is 24.4 Å². The van der Waals surface area contributed by atoms with Gasteiger partial charge in [-0.05, 0) is 28.2 Å². The van der Waals surface area contributed by atoms with Crippen LogP contribution in [0.15, 0.2) is 41.4 Å². The molecule has 1 aliphatic heterocycles. The van der Waals surface area contributed by atoms with Gasteiger partial charge in [0.15, 0.2) is 5.82 Å². The number of aromatic nitrogens is 3. The Kier molecular flexibility index (Phi) is 2.82. The molecule has 6 nitrogen and oxygen atoms in total. The Balaban J connectivity index is 1.92. The summed E-state index contributed by atoms with van der Waals surface area (Å²) < 4.78 is 13.1. The molecule has 0 radical (unpaired) electrons. The molecule has 0 saturated carbocycles. The first-order chi connectivity index (χ1) is 10.6. The number of fused-ring (bicyclic) bond motifs is 2. The first kappa shape index (κ1) is 13.4. The Hall–Kier alpha value is -2.25. The van der Waals surface area contributed by atoms with Crippen LogP contribution in [0, 0.1) is 0 Å². The quantitative estimate of drug-likeness (QED) is 0.677. The maximum atomic E-state index is 11.1. The molecule has 0 aliphatic carbocycles. The fourth-order valence-electron chi connectivity index (χ4n) is 2.88. The van der Waals surface area contributed by atoms with Crippen LogP contribution in [0.3, 0.4) is 0 Å². The van der Waals surface area contributed by atoms with Crippen LogP contribution in [0.1, 0.15) is 5.56 Å². The van der Waals surface area contributed by atoms with E-state index in [-0.39, 0.29) is 0 Å². The lowest BCUT2D eigenvalue weighted by atomic mass is 10.2. The van der Waals surface area contributed by atoms with E-state index in [2.05, 4.69) is 26.3 Å². The second kappa shape index (κ2) is 4.62. The van der Waals surface area contributed by atoms with Crippen molar-refractivity contribution in [1.82, 2.24) is 15.0 Å². The van der Waals surface area contributed by atoms with E-state index in [4.69, 9.17) is 0 Å². The highest BCUT2D eigenvalue weighted by Gasteiger charge is 2.37. The summed E-state index contributed by atoms with van der Waals surface area (Å²) in [6, 6.07) is 9.93. The smallest absolute Gasteiger partial charge is 0.225 e. The molecule has 4 rings (SSSR count). The average molecular weight is 315 g/mol. The molecule has 1 aliphatic rings. The van der Waals surface area contributed by atoms with Crippen LogP contribution < -0.4 is 9.62 Å². The Labute approximate surface area is 129 Å². The number of H-pyrrole nitrogens is 1. The molecule has 22 heavy (non-hydrogen) atoms. The first-order valence-corrected chi connectivity index (χ1v) is 8.96. The third-order valence-electron chi connectivity index (χ3n) is 3.98. The minimum Gasteiger partial charge on any atom is -0.357 e. The molecule has 1 atom stereocenters. The molecule has 0 fully saturated rings. The van der Waals surface area contributed by atoms with E-state index in [1.54, 1.807) is 7.05 Å². The molecule has 0 saturated heterocycles. The van der Waals surface area contributed by atoms with Gasteiger partial charge in [0.05, 0.1) is 12.1 Å². The first-order valence-electron chi connectivity index (χ1n) is 7.00. The predicted molar refractivity (Wildman–Crippen MR) is 90.5 cm³/mol. The lowest BCUT2D eigenvalue weighted by Crippen LogP contribution is -2.22. The molecule has 0 spiro atoms. The molecule has 3 N–H and O–H groups in total. The lowest BCUT2D eigenvalue weighted by Gasteiger charge is -2.36. The number of hydrogen-bond acceptors (Lipinski definition) is 5. The second-order valence-corrected chi connectivity index (χ2v) is 7.88. The van der Waals surface area contributed by atoms with Crippen LogP contribution in [0.4, 0.5) is 11.8 Å². The maximum absolute atomic E-state index is 11.1. The summed E-state index contributed by atoms with van der Waals surface area (Å²) >= 11 is 0. The Morgan fingerprint density at radius 3 is 2.86 bits per heavy atom. The zero-order chi connectivity index (χ0) is 15.3. The molecule has 3 heterocycles. The van der Waals surface area contributed by atoms with Gasteiger partial charge in [0.25, 0.3) is 0 Å². The summed E-state index contributed by atoms with van der Waals surface area (Å²) in [6.07, 6.45) is 3.73. The minimum absolute atomic E-state index is 0.549. The molecular formula is C15H17N5OS. The lowest BCUT2D eigenvalue weighted by molar-refractivity contribution is 0.630. The van der Waals surface area contributed by atoms with Crippen LogP contribution in [0.25, 0.3) is 11.0 Å². The van der Waals surface area contributed by atoms with Crippen molar-refractivity contribution < 1.29 is 4.55 Å². The van der Waals surface area contributed by atoms with Crippen molar-refractivity contribution in [1.29, 1.82) is 0 Å². The molecule has 114 valence electrons. The Morgan fingerprint density at radius 1 is 1.27 bits per heavy atom. The highest BCUT2D eigenvalue weighted by atomic mass is 32.3. The summed E-state index contributed by atoms with van der Waals surface area (Å²) in [5, 5.41) is 2.99. The Morgan fingerprint density at radius 2 is 2.09 bits per heavy atom. The Bertz CT molecular complexity index is 860. The van der Waals surface area contributed by atoms with E-state index in [1.807, 2.05) is 41.0 Å². The van der Waals surface area contributed by atoms with E-state index >= 15 is 0 Å². The number of anilines is 2. The third-order valence-corrected chi connectivity index (χ3v) is 6.37. The second-order valence-electron chi connectivity index (χ2n) is 5.34. The fourth-order valence-corrected chi connectivity index (χ4v) is 4.94. The van der Waals surface area contributed by atoms with Crippen LogP contribution in [0.2, 0.25) is 0 Å². The maximum Gasteiger partial charge on any atom is 0.225 e. The van der Waals surface area contributed by atoms with E-state index in [1.165, 1.54) is 0 Å². The van der Waals surface area contributed by atoms with Crippen molar-refractivity contribution in [2.75, 3.05) is 22.9 Å². The van der Waals surface area contributed by atoms with Gasteiger partial charge in [0.1, 0.15) is 5.52 Å². The van der Waals surface area contributed by atoms with E-state index in [9.17, 15) is 4.55 Å². The van der Waals surface area contributed by atoms with Gasteiger partial charge in [-0.25, -0.2) is 4.98 Å². The number of nitrogens with zero attached hydrogens (tertiary/aromatic N) is 3. The summed E-state index contributed by atoms with van der Waals surface area (Å²) in [6.45, 7) is 0.646. The molecule has 1 aromatic carbocycles. The van der Waals surface area contributed by atoms with Crippen molar-refractivity contribution in [2.45, 2.75) is 11.4 Å².